The van der Waals surface area contributed by atoms with Crippen LogP contribution < -0.4 is 0 Å². The second kappa shape index (κ2) is 10.2. The van der Waals surface area contributed by atoms with E-state index >= 15 is 0 Å². The Morgan fingerprint density at radius 1 is 1.06 bits per heavy atom. The van der Waals surface area contributed by atoms with Crippen molar-refractivity contribution in [3.8, 4) is 11.3 Å². The summed E-state index contributed by atoms with van der Waals surface area (Å²) in [7, 11) is 0. The lowest BCUT2D eigenvalue weighted by atomic mass is 9.89. The second-order valence-corrected chi connectivity index (χ2v) is 10.3. The zero-order chi connectivity index (χ0) is 24.2. The van der Waals surface area contributed by atoms with E-state index in [4.69, 9.17) is 9.15 Å². The first-order valence-corrected chi connectivity index (χ1v) is 11.9. The maximum absolute atomic E-state index is 13.3. The summed E-state index contributed by atoms with van der Waals surface area (Å²) in [5.41, 5.74) is 0.384. The number of rotatable bonds is 9. The van der Waals surface area contributed by atoms with Gasteiger partial charge in [-0.1, -0.05) is 58.0 Å². The molecule has 0 bridgehead atoms. The topological polar surface area (TPSA) is 39.4 Å². The summed E-state index contributed by atoms with van der Waals surface area (Å²) in [6, 6.07) is 17.3. The highest BCUT2D eigenvalue weighted by Crippen LogP contribution is 2.39. The molecule has 0 aliphatic carbocycles. The molecule has 3 nitrogen and oxygen atoms in total. The quantitative estimate of drug-likeness (QED) is 0.231. The molecule has 0 saturated carbocycles. The van der Waals surface area contributed by atoms with Crippen molar-refractivity contribution in [2.75, 3.05) is 12.4 Å². The Morgan fingerprint density at radius 2 is 1.76 bits per heavy atom. The van der Waals surface area contributed by atoms with Gasteiger partial charge in [-0.15, -0.1) is 11.8 Å². The summed E-state index contributed by atoms with van der Waals surface area (Å²) in [6.45, 7) is 6.72. The van der Waals surface area contributed by atoms with E-state index in [1.54, 1.807) is 6.92 Å². The third-order valence-corrected chi connectivity index (χ3v) is 7.13. The van der Waals surface area contributed by atoms with Crippen LogP contribution in [-0.4, -0.2) is 24.5 Å². The van der Waals surface area contributed by atoms with E-state index in [0.29, 0.717) is 5.58 Å². The Bertz CT molecular complexity index is 1080. The first kappa shape index (κ1) is 25.2. The molecular weight excluding hydrogens is 449 g/mol. The van der Waals surface area contributed by atoms with Crippen LogP contribution in [0.3, 0.4) is 0 Å². The fourth-order valence-corrected chi connectivity index (χ4v) is 4.44. The normalized spacial score (nSPS) is 14.9. The van der Waals surface area contributed by atoms with Crippen molar-refractivity contribution in [1.29, 1.82) is 0 Å². The molecule has 33 heavy (non-hydrogen) atoms. The molecule has 0 aliphatic rings. The lowest BCUT2D eigenvalue weighted by molar-refractivity contribution is -0.170. The van der Waals surface area contributed by atoms with Crippen LogP contribution in [-0.2, 0) is 9.53 Å². The molecule has 3 aromatic rings. The predicted octanol–water partition coefficient (Wildman–Crippen LogP) is 7.99. The summed E-state index contributed by atoms with van der Waals surface area (Å²) in [5.74, 6) is 0.109. The molecule has 0 radical (unpaired) electrons. The molecule has 1 heterocycles. The number of carbonyl (C=O) groups is 1. The molecule has 0 spiro atoms. The minimum atomic E-state index is -4.36. The average Bonchev–Trinajstić information content (AvgIpc) is 3.18. The molecule has 0 N–H and O–H groups in total. The van der Waals surface area contributed by atoms with Gasteiger partial charge in [0.2, 0.25) is 0 Å². The van der Waals surface area contributed by atoms with Crippen LogP contribution in [0.2, 0.25) is 0 Å². The summed E-state index contributed by atoms with van der Waals surface area (Å²) in [6.07, 6.45) is -5.39. The van der Waals surface area contributed by atoms with E-state index in [1.807, 2.05) is 68.4 Å². The van der Waals surface area contributed by atoms with Crippen LogP contribution in [0.5, 0.6) is 0 Å². The van der Waals surface area contributed by atoms with Gasteiger partial charge in [-0.25, -0.2) is 0 Å². The molecule has 1 aromatic heterocycles. The first-order valence-electron chi connectivity index (χ1n) is 10.9. The van der Waals surface area contributed by atoms with Gasteiger partial charge in [0, 0.05) is 27.0 Å². The molecule has 3 rings (SSSR count). The van der Waals surface area contributed by atoms with Crippen LogP contribution in [0.4, 0.5) is 13.2 Å². The summed E-state index contributed by atoms with van der Waals surface area (Å²) >= 11 is 1.30. The van der Waals surface area contributed by atoms with Gasteiger partial charge < -0.3 is 9.15 Å². The number of esters is 1. The fraction of sp³-hybridized carbons (Fsp3) is 0.423. The van der Waals surface area contributed by atoms with Gasteiger partial charge in [-0.2, -0.15) is 13.2 Å². The highest BCUT2D eigenvalue weighted by atomic mass is 32.2. The number of alkyl halides is 3. The molecule has 178 valence electrons. The average molecular weight is 479 g/mol. The lowest BCUT2D eigenvalue weighted by Crippen LogP contribution is -2.34. The summed E-state index contributed by atoms with van der Waals surface area (Å²) in [4.78, 5) is 13.0. The van der Waals surface area contributed by atoms with Crippen LogP contribution >= 0.6 is 11.8 Å². The molecule has 0 saturated heterocycles. The van der Waals surface area contributed by atoms with Crippen molar-refractivity contribution in [1.82, 2.24) is 0 Å². The minimum Gasteiger partial charge on any atom is -0.465 e. The number of ether oxygens (including phenoxy) is 1. The van der Waals surface area contributed by atoms with E-state index < -0.39 is 24.0 Å². The van der Waals surface area contributed by atoms with Gasteiger partial charge in [0.25, 0.3) is 0 Å². The molecule has 2 aromatic carbocycles. The molecule has 0 aliphatic heterocycles. The third kappa shape index (κ3) is 7.03. The Balaban J connectivity index is 1.73. The lowest BCUT2D eigenvalue weighted by Gasteiger charge is -2.30. The molecule has 0 fully saturated rings. The molecule has 2 unspecified atom stereocenters. The van der Waals surface area contributed by atoms with Crippen molar-refractivity contribution in [2.45, 2.75) is 45.2 Å². The van der Waals surface area contributed by atoms with Gasteiger partial charge in [0.05, 0.1) is 18.9 Å². The van der Waals surface area contributed by atoms with E-state index in [0.717, 1.165) is 21.6 Å². The second-order valence-electron chi connectivity index (χ2n) is 9.21. The number of thioether (sulfide) groups is 1. The van der Waals surface area contributed by atoms with Crippen molar-refractivity contribution in [2.24, 2.45) is 17.3 Å². The van der Waals surface area contributed by atoms with E-state index in [1.165, 1.54) is 18.7 Å². The third-order valence-electron chi connectivity index (χ3n) is 5.70. The largest absolute Gasteiger partial charge is 0.465 e. The number of carbonyl (C=O) groups excluding carboxylic acids is 1. The van der Waals surface area contributed by atoms with Gasteiger partial charge >= 0.3 is 12.1 Å². The Kier molecular flexibility index (Phi) is 7.83. The van der Waals surface area contributed by atoms with Crippen molar-refractivity contribution < 1.29 is 27.1 Å². The number of benzene rings is 2. The first-order chi connectivity index (χ1) is 15.5. The fourth-order valence-electron chi connectivity index (χ4n) is 3.38. The summed E-state index contributed by atoms with van der Waals surface area (Å²) < 4.78 is 51.2. The minimum absolute atomic E-state index is 0.0570. The van der Waals surface area contributed by atoms with E-state index in [2.05, 4.69) is 0 Å². The van der Waals surface area contributed by atoms with E-state index in [-0.39, 0.29) is 24.2 Å². The number of hydrogen-bond acceptors (Lipinski definition) is 4. The molecule has 2 atom stereocenters. The Labute approximate surface area is 196 Å². The maximum atomic E-state index is 13.3. The van der Waals surface area contributed by atoms with Crippen molar-refractivity contribution in [3.63, 3.8) is 0 Å². The zero-order valence-corrected chi connectivity index (χ0v) is 20.1. The van der Waals surface area contributed by atoms with Crippen LogP contribution in [0.15, 0.2) is 63.9 Å². The number of furan rings is 1. The van der Waals surface area contributed by atoms with Crippen molar-refractivity contribution in [3.05, 3.63) is 54.6 Å². The van der Waals surface area contributed by atoms with Gasteiger partial charge in [0.1, 0.15) is 11.3 Å². The molecule has 0 amide bonds. The highest BCUT2D eigenvalue weighted by molar-refractivity contribution is 7.99. The van der Waals surface area contributed by atoms with Crippen LogP contribution in [0, 0.1) is 17.3 Å². The van der Waals surface area contributed by atoms with Crippen LogP contribution in [0.25, 0.3) is 22.3 Å². The smallest absolute Gasteiger partial charge is 0.389 e. The van der Waals surface area contributed by atoms with Gasteiger partial charge in [0.15, 0.2) is 0 Å². The summed E-state index contributed by atoms with van der Waals surface area (Å²) in [5, 5.41) is 0.924. The van der Waals surface area contributed by atoms with Crippen molar-refractivity contribution >= 4 is 28.7 Å². The van der Waals surface area contributed by atoms with Gasteiger partial charge in [-0.3, -0.25) is 4.79 Å². The number of halogens is 3. The Hall–Kier alpha value is -2.41. The predicted molar refractivity (Wildman–Crippen MR) is 126 cm³/mol. The number of hydrogen-bond donors (Lipinski definition) is 0. The monoisotopic (exact) mass is 478 g/mol. The maximum Gasteiger partial charge on any atom is 0.389 e. The zero-order valence-electron chi connectivity index (χ0n) is 19.2. The molecule has 7 heteroatoms. The molecular formula is C26H29F3O3S. The Morgan fingerprint density at radius 3 is 2.39 bits per heavy atom. The van der Waals surface area contributed by atoms with E-state index in [9.17, 15) is 18.0 Å². The SMILES string of the molecule is CC(C)C(C)C(=O)OCC(C)(CSc1ccc2cc(-c3ccccc3)oc2c1)CC(F)(F)F. The van der Waals surface area contributed by atoms with Crippen LogP contribution in [0.1, 0.15) is 34.1 Å². The number of fused-ring (bicyclic) bond motifs is 1. The standard InChI is InChI=1S/C26H29F3O3S/c1-17(2)18(3)24(30)31-15-25(4,14-26(27,28)29)16-33-21-11-10-20-12-22(32-23(20)13-21)19-8-6-5-7-9-19/h5-13,17-18H,14-16H2,1-4H3. The highest BCUT2D eigenvalue weighted by Gasteiger charge is 2.40. The van der Waals surface area contributed by atoms with Gasteiger partial charge in [-0.05, 0) is 30.2 Å².